The summed E-state index contributed by atoms with van der Waals surface area (Å²) in [6, 6.07) is 8.26. The molecular weight excluding hydrogens is 304 g/mol. The first-order valence-electron chi connectivity index (χ1n) is 8.69. The van der Waals surface area contributed by atoms with E-state index in [-0.39, 0.29) is 0 Å². The summed E-state index contributed by atoms with van der Waals surface area (Å²) in [5, 5.41) is 6.74. The fourth-order valence-corrected chi connectivity index (χ4v) is 2.67. The summed E-state index contributed by atoms with van der Waals surface area (Å²) in [5.41, 5.74) is 1.33. The normalized spacial score (nSPS) is 16.0. The molecule has 1 aliphatic heterocycles. The van der Waals surface area contributed by atoms with E-state index in [0.717, 1.165) is 70.5 Å². The summed E-state index contributed by atoms with van der Waals surface area (Å²) < 4.78 is 10.5. The third kappa shape index (κ3) is 6.76. The number of nitrogens with zero attached hydrogens (tertiary/aromatic N) is 2. The van der Waals surface area contributed by atoms with Crippen LogP contribution in [-0.4, -0.2) is 71.0 Å². The molecule has 1 aliphatic rings. The number of guanidine groups is 1. The van der Waals surface area contributed by atoms with Crippen molar-refractivity contribution in [2.45, 2.75) is 12.8 Å². The molecule has 6 nitrogen and oxygen atoms in total. The van der Waals surface area contributed by atoms with Gasteiger partial charge in [0.2, 0.25) is 0 Å². The number of ether oxygens (including phenoxy) is 2. The Kier molecular flexibility index (Phi) is 8.41. The number of nitrogens with one attached hydrogen (secondary N) is 2. The SMILES string of the molecule is CN=C(NCCCc1ccc(OC)cc1)NCCN1CCOCC1. The number of benzene rings is 1. The van der Waals surface area contributed by atoms with Crippen LogP contribution in [0.1, 0.15) is 12.0 Å². The first-order valence-corrected chi connectivity index (χ1v) is 8.69. The van der Waals surface area contributed by atoms with Crippen molar-refractivity contribution in [3.05, 3.63) is 29.8 Å². The Bertz CT molecular complexity index is 484. The van der Waals surface area contributed by atoms with Gasteiger partial charge in [0.25, 0.3) is 0 Å². The number of hydrogen-bond donors (Lipinski definition) is 2. The molecule has 0 aromatic heterocycles. The smallest absolute Gasteiger partial charge is 0.191 e. The highest BCUT2D eigenvalue weighted by Crippen LogP contribution is 2.12. The predicted molar refractivity (Wildman–Crippen MR) is 97.9 cm³/mol. The van der Waals surface area contributed by atoms with E-state index in [0.29, 0.717) is 0 Å². The van der Waals surface area contributed by atoms with Gasteiger partial charge in [0.1, 0.15) is 5.75 Å². The Morgan fingerprint density at radius 1 is 1.17 bits per heavy atom. The molecule has 1 heterocycles. The molecule has 0 radical (unpaired) electrons. The van der Waals surface area contributed by atoms with Gasteiger partial charge in [-0.3, -0.25) is 9.89 Å². The second kappa shape index (κ2) is 10.9. The fraction of sp³-hybridized carbons (Fsp3) is 0.611. The zero-order valence-electron chi connectivity index (χ0n) is 14.9. The quantitative estimate of drug-likeness (QED) is 0.424. The van der Waals surface area contributed by atoms with E-state index in [1.807, 2.05) is 19.2 Å². The summed E-state index contributed by atoms with van der Waals surface area (Å²) in [4.78, 5) is 6.68. The number of aliphatic imine (C=N–C) groups is 1. The van der Waals surface area contributed by atoms with Crippen molar-refractivity contribution >= 4 is 5.96 Å². The summed E-state index contributed by atoms with van der Waals surface area (Å²) >= 11 is 0. The van der Waals surface area contributed by atoms with Gasteiger partial charge in [0, 0.05) is 39.8 Å². The van der Waals surface area contributed by atoms with Gasteiger partial charge >= 0.3 is 0 Å². The first-order chi connectivity index (χ1) is 11.8. The molecular formula is C18H30N4O2. The standard InChI is InChI=1S/C18H30N4O2/c1-19-18(21-10-11-22-12-14-24-15-13-22)20-9-3-4-16-5-7-17(23-2)8-6-16/h5-8H,3-4,9-15H2,1-2H3,(H2,19,20,21). The van der Waals surface area contributed by atoms with Crippen LogP contribution in [0.25, 0.3) is 0 Å². The molecule has 1 aromatic carbocycles. The minimum atomic E-state index is 0.846. The monoisotopic (exact) mass is 334 g/mol. The molecule has 6 heteroatoms. The van der Waals surface area contributed by atoms with Crippen LogP contribution in [0.3, 0.4) is 0 Å². The molecule has 0 spiro atoms. The second-order valence-electron chi connectivity index (χ2n) is 5.83. The van der Waals surface area contributed by atoms with Crippen LogP contribution < -0.4 is 15.4 Å². The highest BCUT2D eigenvalue weighted by atomic mass is 16.5. The number of rotatable bonds is 8. The summed E-state index contributed by atoms with van der Waals surface area (Å²) in [7, 11) is 3.50. The number of morpholine rings is 1. The Balaban J connectivity index is 1.57. The molecule has 0 unspecified atom stereocenters. The largest absolute Gasteiger partial charge is 0.497 e. The van der Waals surface area contributed by atoms with Crippen LogP contribution in [0.2, 0.25) is 0 Å². The predicted octanol–water partition coefficient (Wildman–Crippen LogP) is 1.12. The molecule has 2 N–H and O–H groups in total. The lowest BCUT2D eigenvalue weighted by Gasteiger charge is -2.26. The Hall–Kier alpha value is -1.79. The molecule has 1 saturated heterocycles. The number of hydrogen-bond acceptors (Lipinski definition) is 4. The van der Waals surface area contributed by atoms with Crippen LogP contribution in [-0.2, 0) is 11.2 Å². The molecule has 1 fully saturated rings. The zero-order valence-corrected chi connectivity index (χ0v) is 14.9. The highest BCUT2D eigenvalue weighted by molar-refractivity contribution is 5.79. The fourth-order valence-electron chi connectivity index (χ4n) is 2.67. The maximum atomic E-state index is 5.36. The maximum Gasteiger partial charge on any atom is 0.191 e. The third-order valence-corrected chi connectivity index (χ3v) is 4.14. The van der Waals surface area contributed by atoms with Crippen molar-refractivity contribution in [1.29, 1.82) is 0 Å². The van der Waals surface area contributed by atoms with Crippen LogP contribution in [0.4, 0.5) is 0 Å². The molecule has 2 rings (SSSR count). The Morgan fingerprint density at radius 3 is 2.54 bits per heavy atom. The van der Waals surface area contributed by atoms with Crippen LogP contribution in [0, 0.1) is 0 Å². The van der Waals surface area contributed by atoms with Crippen LogP contribution in [0.15, 0.2) is 29.3 Å². The van der Waals surface area contributed by atoms with Gasteiger partial charge in [0.05, 0.1) is 20.3 Å². The van der Waals surface area contributed by atoms with Crippen molar-refractivity contribution in [3.8, 4) is 5.75 Å². The number of aryl methyl sites for hydroxylation is 1. The van der Waals surface area contributed by atoms with Gasteiger partial charge in [-0.2, -0.15) is 0 Å². The van der Waals surface area contributed by atoms with Crippen molar-refractivity contribution in [2.75, 3.05) is 60.1 Å². The first kappa shape index (κ1) is 18.5. The Morgan fingerprint density at radius 2 is 1.88 bits per heavy atom. The van der Waals surface area contributed by atoms with Crippen molar-refractivity contribution in [2.24, 2.45) is 4.99 Å². The van der Waals surface area contributed by atoms with E-state index in [1.54, 1.807) is 7.11 Å². The van der Waals surface area contributed by atoms with Gasteiger partial charge in [-0.15, -0.1) is 0 Å². The van der Waals surface area contributed by atoms with Gasteiger partial charge in [-0.05, 0) is 30.5 Å². The van der Waals surface area contributed by atoms with E-state index in [4.69, 9.17) is 9.47 Å². The van der Waals surface area contributed by atoms with Crippen LogP contribution in [0.5, 0.6) is 5.75 Å². The van der Waals surface area contributed by atoms with Gasteiger partial charge in [0.15, 0.2) is 5.96 Å². The Labute approximate surface area is 145 Å². The van der Waals surface area contributed by atoms with E-state index in [2.05, 4.69) is 32.7 Å². The highest BCUT2D eigenvalue weighted by Gasteiger charge is 2.09. The maximum absolute atomic E-state index is 5.36. The number of methoxy groups -OCH3 is 1. The molecule has 1 aromatic rings. The van der Waals surface area contributed by atoms with E-state index >= 15 is 0 Å². The molecule has 0 saturated carbocycles. The molecule has 0 aliphatic carbocycles. The van der Waals surface area contributed by atoms with Gasteiger partial charge < -0.3 is 20.1 Å². The molecule has 0 amide bonds. The lowest BCUT2D eigenvalue weighted by molar-refractivity contribution is 0.0389. The van der Waals surface area contributed by atoms with E-state index in [9.17, 15) is 0 Å². The van der Waals surface area contributed by atoms with Crippen molar-refractivity contribution in [3.63, 3.8) is 0 Å². The topological polar surface area (TPSA) is 58.1 Å². The summed E-state index contributed by atoms with van der Waals surface area (Å²) in [6.07, 6.45) is 2.11. The zero-order chi connectivity index (χ0) is 17.0. The summed E-state index contributed by atoms with van der Waals surface area (Å²) in [5.74, 6) is 1.78. The average molecular weight is 334 g/mol. The lowest BCUT2D eigenvalue weighted by Crippen LogP contribution is -2.44. The average Bonchev–Trinajstić information content (AvgIpc) is 2.65. The molecule has 0 atom stereocenters. The summed E-state index contributed by atoms with van der Waals surface area (Å²) in [6.45, 7) is 6.57. The van der Waals surface area contributed by atoms with Gasteiger partial charge in [-0.25, -0.2) is 0 Å². The molecule has 134 valence electrons. The minimum Gasteiger partial charge on any atom is -0.497 e. The molecule has 24 heavy (non-hydrogen) atoms. The van der Waals surface area contributed by atoms with Crippen molar-refractivity contribution < 1.29 is 9.47 Å². The second-order valence-corrected chi connectivity index (χ2v) is 5.83. The van der Waals surface area contributed by atoms with Crippen molar-refractivity contribution in [1.82, 2.24) is 15.5 Å². The lowest BCUT2D eigenvalue weighted by atomic mass is 10.1. The van der Waals surface area contributed by atoms with Gasteiger partial charge in [-0.1, -0.05) is 12.1 Å². The van der Waals surface area contributed by atoms with E-state index in [1.165, 1.54) is 5.56 Å². The van der Waals surface area contributed by atoms with Crippen LogP contribution >= 0.6 is 0 Å². The third-order valence-electron chi connectivity index (χ3n) is 4.14. The van der Waals surface area contributed by atoms with E-state index < -0.39 is 0 Å². The minimum absolute atomic E-state index is 0.846. The molecule has 0 bridgehead atoms.